The number of ether oxygens (including phenoxy) is 2. The summed E-state index contributed by atoms with van der Waals surface area (Å²) in [6, 6.07) is 6.72. The Morgan fingerprint density at radius 1 is 1.10 bits per heavy atom. The Morgan fingerprint density at radius 2 is 1.74 bits per heavy atom. The number of benzene rings is 1. The van der Waals surface area contributed by atoms with E-state index in [-0.39, 0.29) is 30.5 Å². The van der Waals surface area contributed by atoms with Crippen molar-refractivity contribution in [3.8, 4) is 5.75 Å². The molecule has 0 aliphatic heterocycles. The highest BCUT2D eigenvalue weighted by Gasteiger charge is 2.53. The summed E-state index contributed by atoms with van der Waals surface area (Å²) in [5, 5.41) is 5.58. The third-order valence-electron chi connectivity index (χ3n) is 7.47. The fraction of sp³-hybridized carbons (Fsp3) is 0.625. The Labute approximate surface area is 183 Å². The molecule has 1 aromatic carbocycles. The molecule has 2 amide bonds. The number of hydrogen-bond acceptors (Lipinski definition) is 5. The topological polar surface area (TPSA) is 93.7 Å². The zero-order chi connectivity index (χ0) is 22.0. The number of nitrogens with one attached hydrogen (secondary N) is 2. The van der Waals surface area contributed by atoms with Crippen LogP contribution in [0.15, 0.2) is 24.3 Å². The lowest BCUT2D eigenvalue weighted by atomic mass is 9.48. The van der Waals surface area contributed by atoms with Gasteiger partial charge in [0, 0.05) is 11.6 Å². The van der Waals surface area contributed by atoms with Crippen molar-refractivity contribution >= 4 is 17.8 Å². The molecule has 31 heavy (non-hydrogen) atoms. The number of amides is 2. The molecule has 4 aliphatic rings. The van der Waals surface area contributed by atoms with Crippen LogP contribution in [0.3, 0.4) is 0 Å². The normalized spacial score (nSPS) is 29.2. The predicted molar refractivity (Wildman–Crippen MR) is 114 cm³/mol. The van der Waals surface area contributed by atoms with Crippen molar-refractivity contribution in [2.45, 2.75) is 51.5 Å². The van der Waals surface area contributed by atoms with Crippen molar-refractivity contribution in [3.05, 3.63) is 29.8 Å². The van der Waals surface area contributed by atoms with Crippen molar-refractivity contribution in [3.63, 3.8) is 0 Å². The standard InChI is InChI=1S/C24H32N2O5/c1-15(24-10-16-6-17(11-24)8-18(7-16)12-24)26-21(27)14-31-22(28)13-25-23(29)19-4-3-5-20(9-19)30-2/h3-5,9,15-18H,6-8,10-14H2,1-2H3,(H,25,29)(H,26,27)/t15-,16?,17?,18?,24?/m1/s1. The smallest absolute Gasteiger partial charge is 0.325 e. The average molecular weight is 429 g/mol. The summed E-state index contributed by atoms with van der Waals surface area (Å²) in [6.07, 6.45) is 7.70. The second kappa shape index (κ2) is 8.89. The molecule has 0 unspecified atom stereocenters. The molecule has 7 nitrogen and oxygen atoms in total. The lowest BCUT2D eigenvalue weighted by Gasteiger charge is -2.59. The quantitative estimate of drug-likeness (QED) is 0.621. The summed E-state index contributed by atoms with van der Waals surface area (Å²) in [7, 11) is 1.52. The number of carbonyl (C=O) groups excluding carboxylic acids is 3. The van der Waals surface area contributed by atoms with E-state index in [2.05, 4.69) is 17.6 Å². The van der Waals surface area contributed by atoms with Gasteiger partial charge < -0.3 is 20.1 Å². The summed E-state index contributed by atoms with van der Waals surface area (Å²) >= 11 is 0. The van der Waals surface area contributed by atoms with Crippen molar-refractivity contribution in [2.24, 2.45) is 23.2 Å². The van der Waals surface area contributed by atoms with Crippen LogP contribution in [-0.4, -0.2) is 44.1 Å². The molecular formula is C24H32N2O5. The maximum Gasteiger partial charge on any atom is 0.325 e. The molecule has 7 heteroatoms. The van der Waals surface area contributed by atoms with E-state index in [1.54, 1.807) is 24.3 Å². The van der Waals surface area contributed by atoms with Crippen LogP contribution in [0.25, 0.3) is 0 Å². The van der Waals surface area contributed by atoms with Crippen LogP contribution in [0.1, 0.15) is 55.8 Å². The maximum absolute atomic E-state index is 12.4. The zero-order valence-electron chi connectivity index (χ0n) is 18.3. The lowest BCUT2D eigenvalue weighted by Crippen LogP contribution is -2.56. The summed E-state index contributed by atoms with van der Waals surface area (Å²) < 4.78 is 10.2. The molecule has 4 fully saturated rings. The van der Waals surface area contributed by atoms with Gasteiger partial charge in [0.25, 0.3) is 11.8 Å². The van der Waals surface area contributed by atoms with Crippen molar-refractivity contribution < 1.29 is 23.9 Å². The van der Waals surface area contributed by atoms with Gasteiger partial charge in [-0.2, -0.15) is 0 Å². The highest BCUT2D eigenvalue weighted by atomic mass is 16.5. The van der Waals surface area contributed by atoms with Gasteiger partial charge in [0.15, 0.2) is 6.61 Å². The minimum atomic E-state index is -0.645. The second-order valence-electron chi connectivity index (χ2n) is 9.64. The summed E-state index contributed by atoms with van der Waals surface area (Å²) in [5.74, 6) is 1.67. The van der Waals surface area contributed by atoms with Gasteiger partial charge >= 0.3 is 5.97 Å². The molecule has 0 aromatic heterocycles. The minimum absolute atomic E-state index is 0.0832. The highest BCUT2D eigenvalue weighted by molar-refractivity contribution is 5.96. The van der Waals surface area contributed by atoms with Gasteiger partial charge in [-0.25, -0.2) is 0 Å². The number of hydrogen-bond donors (Lipinski definition) is 2. The summed E-state index contributed by atoms with van der Waals surface area (Å²) in [4.78, 5) is 36.5. The molecule has 0 spiro atoms. The fourth-order valence-corrected chi connectivity index (χ4v) is 6.36. The van der Waals surface area contributed by atoms with Gasteiger partial charge in [0.2, 0.25) is 0 Å². The Morgan fingerprint density at radius 3 is 2.35 bits per heavy atom. The minimum Gasteiger partial charge on any atom is -0.497 e. The van der Waals surface area contributed by atoms with Gasteiger partial charge in [0.05, 0.1) is 7.11 Å². The van der Waals surface area contributed by atoms with Crippen LogP contribution in [0.4, 0.5) is 0 Å². The number of methoxy groups -OCH3 is 1. The predicted octanol–water partition coefficient (Wildman–Crippen LogP) is 2.69. The first-order chi connectivity index (χ1) is 14.9. The van der Waals surface area contributed by atoms with Crippen LogP contribution in [0.5, 0.6) is 5.75 Å². The third kappa shape index (κ3) is 4.86. The van der Waals surface area contributed by atoms with Gasteiger partial charge in [-0.15, -0.1) is 0 Å². The first kappa shape index (κ1) is 21.7. The third-order valence-corrected chi connectivity index (χ3v) is 7.47. The fourth-order valence-electron chi connectivity index (χ4n) is 6.36. The lowest BCUT2D eigenvalue weighted by molar-refractivity contribution is -0.148. The average Bonchev–Trinajstić information content (AvgIpc) is 2.75. The summed E-state index contributed by atoms with van der Waals surface area (Å²) in [6.45, 7) is 1.47. The van der Waals surface area contributed by atoms with E-state index in [0.717, 1.165) is 17.8 Å². The molecule has 0 saturated heterocycles. The highest BCUT2D eigenvalue weighted by Crippen LogP contribution is 2.61. The molecule has 4 aliphatic carbocycles. The summed E-state index contributed by atoms with van der Waals surface area (Å²) in [5.41, 5.74) is 0.591. The molecule has 2 N–H and O–H groups in total. The Hall–Kier alpha value is -2.57. The van der Waals surface area contributed by atoms with E-state index in [0.29, 0.717) is 11.3 Å². The van der Waals surface area contributed by atoms with Gasteiger partial charge in [0.1, 0.15) is 12.3 Å². The van der Waals surface area contributed by atoms with E-state index in [9.17, 15) is 14.4 Å². The first-order valence-electron chi connectivity index (χ1n) is 11.2. The molecule has 0 radical (unpaired) electrons. The van der Waals surface area contributed by atoms with Crippen LogP contribution in [0, 0.1) is 23.2 Å². The van der Waals surface area contributed by atoms with Crippen LogP contribution < -0.4 is 15.4 Å². The number of esters is 1. The van der Waals surface area contributed by atoms with E-state index in [1.165, 1.54) is 45.6 Å². The van der Waals surface area contributed by atoms with Crippen molar-refractivity contribution in [2.75, 3.05) is 20.3 Å². The Balaban J connectivity index is 1.20. The molecule has 1 aromatic rings. The molecule has 0 heterocycles. The van der Waals surface area contributed by atoms with Crippen molar-refractivity contribution in [1.82, 2.24) is 10.6 Å². The monoisotopic (exact) mass is 428 g/mol. The van der Waals surface area contributed by atoms with Crippen LogP contribution in [-0.2, 0) is 14.3 Å². The zero-order valence-corrected chi connectivity index (χ0v) is 18.3. The molecule has 168 valence electrons. The van der Waals surface area contributed by atoms with Crippen LogP contribution >= 0.6 is 0 Å². The first-order valence-corrected chi connectivity index (χ1v) is 11.2. The second-order valence-corrected chi connectivity index (χ2v) is 9.64. The number of carbonyl (C=O) groups is 3. The Kier molecular flexibility index (Phi) is 6.21. The SMILES string of the molecule is COc1cccc(C(=O)NCC(=O)OCC(=O)N[C@H](C)C23CC4CC(CC(C4)C2)C3)c1. The molecular weight excluding hydrogens is 396 g/mol. The van der Waals surface area contributed by atoms with E-state index < -0.39 is 11.9 Å². The van der Waals surface area contributed by atoms with Gasteiger partial charge in [-0.3, -0.25) is 14.4 Å². The molecule has 1 atom stereocenters. The van der Waals surface area contributed by atoms with E-state index in [4.69, 9.17) is 9.47 Å². The van der Waals surface area contributed by atoms with Crippen LogP contribution in [0.2, 0.25) is 0 Å². The van der Waals surface area contributed by atoms with E-state index >= 15 is 0 Å². The Bertz CT molecular complexity index is 817. The van der Waals surface area contributed by atoms with E-state index in [1.807, 2.05) is 0 Å². The maximum atomic E-state index is 12.4. The largest absolute Gasteiger partial charge is 0.497 e. The molecule has 5 rings (SSSR count). The van der Waals surface area contributed by atoms with Gasteiger partial charge in [-0.1, -0.05) is 6.07 Å². The van der Waals surface area contributed by atoms with Crippen molar-refractivity contribution in [1.29, 1.82) is 0 Å². The number of rotatable bonds is 8. The molecule has 4 bridgehead atoms. The van der Waals surface area contributed by atoms with Gasteiger partial charge in [-0.05, 0) is 86.8 Å². The molecule has 4 saturated carbocycles.